The summed E-state index contributed by atoms with van der Waals surface area (Å²) in [5, 5.41) is 1.06. The minimum Gasteiger partial charge on any atom is -0.422 e. The van der Waals surface area contributed by atoms with Gasteiger partial charge >= 0.3 is 5.63 Å². The van der Waals surface area contributed by atoms with Gasteiger partial charge in [-0.1, -0.05) is 13.0 Å². The Bertz CT molecular complexity index is 822. The third-order valence-corrected chi connectivity index (χ3v) is 5.23. The van der Waals surface area contributed by atoms with Gasteiger partial charge in [0.2, 0.25) is 0 Å². The van der Waals surface area contributed by atoms with Gasteiger partial charge in [0.1, 0.15) is 5.58 Å². The van der Waals surface area contributed by atoms with E-state index in [0.29, 0.717) is 6.04 Å². The Labute approximate surface area is 149 Å². The van der Waals surface area contributed by atoms with Crippen molar-refractivity contribution in [1.82, 2.24) is 4.90 Å². The summed E-state index contributed by atoms with van der Waals surface area (Å²) in [7, 11) is 0. The van der Waals surface area contributed by atoms with E-state index in [1.165, 1.54) is 5.56 Å². The van der Waals surface area contributed by atoms with Crippen LogP contribution in [0.15, 0.2) is 27.4 Å². The van der Waals surface area contributed by atoms with Crippen LogP contribution >= 0.6 is 0 Å². The fraction of sp³-hybridized carbons (Fsp3) is 0.571. The Balaban J connectivity index is 1.97. The first-order valence-corrected chi connectivity index (χ1v) is 9.21. The lowest BCUT2D eigenvalue weighted by Crippen LogP contribution is -2.45. The zero-order valence-electron chi connectivity index (χ0n) is 16.0. The molecule has 1 atom stereocenters. The standard InChI is InChI=1S/C21H29NO3/c1-6-22(17-7-8-24-21(4,5)12-17)13-16-11-19(23)25-20-15(3)9-14(2)10-18(16)20/h9-11,17H,6-8,12-13H2,1-5H3/t17-/m1/s1. The van der Waals surface area contributed by atoms with Crippen LogP contribution in [0.2, 0.25) is 0 Å². The number of benzene rings is 1. The van der Waals surface area contributed by atoms with Crippen molar-refractivity contribution in [2.45, 2.75) is 65.6 Å². The number of rotatable bonds is 4. The molecule has 0 aliphatic carbocycles. The first kappa shape index (κ1) is 18.2. The van der Waals surface area contributed by atoms with Crippen molar-refractivity contribution in [1.29, 1.82) is 0 Å². The van der Waals surface area contributed by atoms with Crippen LogP contribution in [0.3, 0.4) is 0 Å². The Kier molecular flexibility index (Phi) is 5.03. The second-order valence-corrected chi connectivity index (χ2v) is 7.87. The molecule has 0 amide bonds. The maximum absolute atomic E-state index is 12.1. The largest absolute Gasteiger partial charge is 0.422 e. The SMILES string of the molecule is CCN(Cc1cc(=O)oc2c(C)cc(C)cc12)[C@@H]1CCOC(C)(C)C1. The fourth-order valence-corrected chi connectivity index (χ4v) is 4.04. The van der Waals surface area contributed by atoms with Crippen LogP contribution in [-0.4, -0.2) is 29.7 Å². The van der Waals surface area contributed by atoms with E-state index in [0.717, 1.165) is 54.6 Å². The zero-order chi connectivity index (χ0) is 18.2. The topological polar surface area (TPSA) is 42.7 Å². The van der Waals surface area contributed by atoms with Gasteiger partial charge in [-0.3, -0.25) is 4.90 Å². The Morgan fingerprint density at radius 1 is 1.24 bits per heavy atom. The van der Waals surface area contributed by atoms with E-state index in [2.05, 4.69) is 44.7 Å². The Hall–Kier alpha value is -1.65. The van der Waals surface area contributed by atoms with E-state index in [4.69, 9.17) is 9.15 Å². The van der Waals surface area contributed by atoms with Crippen LogP contribution in [0.5, 0.6) is 0 Å². The summed E-state index contributed by atoms with van der Waals surface area (Å²) in [6.07, 6.45) is 2.05. The van der Waals surface area contributed by atoms with Gasteiger partial charge in [-0.15, -0.1) is 0 Å². The minimum atomic E-state index is -0.266. The highest BCUT2D eigenvalue weighted by molar-refractivity contribution is 5.83. The smallest absolute Gasteiger partial charge is 0.336 e. The van der Waals surface area contributed by atoms with Crippen molar-refractivity contribution >= 4 is 11.0 Å². The molecule has 0 radical (unpaired) electrons. The highest BCUT2D eigenvalue weighted by atomic mass is 16.5. The van der Waals surface area contributed by atoms with Crippen molar-refractivity contribution in [3.05, 3.63) is 45.3 Å². The number of hydrogen-bond acceptors (Lipinski definition) is 4. The average molecular weight is 343 g/mol. The quantitative estimate of drug-likeness (QED) is 0.781. The molecule has 0 spiro atoms. The molecular formula is C21H29NO3. The van der Waals surface area contributed by atoms with Crippen molar-refractivity contribution in [3.63, 3.8) is 0 Å². The van der Waals surface area contributed by atoms with Gasteiger partial charge in [-0.25, -0.2) is 4.79 Å². The lowest BCUT2D eigenvalue weighted by atomic mass is 9.92. The number of ether oxygens (including phenoxy) is 1. The van der Waals surface area contributed by atoms with Crippen LogP contribution in [-0.2, 0) is 11.3 Å². The van der Waals surface area contributed by atoms with Gasteiger partial charge in [0, 0.05) is 30.6 Å². The molecule has 1 saturated heterocycles. The van der Waals surface area contributed by atoms with E-state index in [-0.39, 0.29) is 11.2 Å². The maximum atomic E-state index is 12.1. The number of fused-ring (bicyclic) bond motifs is 1. The van der Waals surface area contributed by atoms with Crippen molar-refractivity contribution < 1.29 is 9.15 Å². The highest BCUT2D eigenvalue weighted by Gasteiger charge is 2.32. The van der Waals surface area contributed by atoms with E-state index in [1.54, 1.807) is 6.07 Å². The molecule has 25 heavy (non-hydrogen) atoms. The normalized spacial score (nSPS) is 20.3. The van der Waals surface area contributed by atoms with Crippen LogP contribution in [0, 0.1) is 13.8 Å². The van der Waals surface area contributed by atoms with Crippen LogP contribution in [0.25, 0.3) is 11.0 Å². The fourth-order valence-electron chi connectivity index (χ4n) is 4.04. The summed E-state index contributed by atoms with van der Waals surface area (Å²) in [6.45, 7) is 13.1. The van der Waals surface area contributed by atoms with E-state index in [9.17, 15) is 4.79 Å². The highest BCUT2D eigenvalue weighted by Crippen LogP contribution is 2.30. The molecule has 0 saturated carbocycles. The van der Waals surface area contributed by atoms with Gasteiger partial charge in [-0.05, 0) is 69.8 Å². The summed E-state index contributed by atoms with van der Waals surface area (Å²) in [5.74, 6) is 0. The molecule has 136 valence electrons. The summed E-state index contributed by atoms with van der Waals surface area (Å²) >= 11 is 0. The molecule has 2 aromatic rings. The number of hydrogen-bond donors (Lipinski definition) is 0. The molecule has 0 N–H and O–H groups in total. The summed E-state index contributed by atoms with van der Waals surface area (Å²) < 4.78 is 11.4. The minimum absolute atomic E-state index is 0.0820. The molecule has 2 heterocycles. The predicted molar refractivity (Wildman–Crippen MR) is 101 cm³/mol. The predicted octanol–water partition coefficient (Wildman–Crippen LogP) is 4.19. The van der Waals surface area contributed by atoms with Gasteiger partial charge in [-0.2, -0.15) is 0 Å². The second-order valence-electron chi connectivity index (χ2n) is 7.87. The molecular weight excluding hydrogens is 314 g/mol. The lowest BCUT2D eigenvalue weighted by molar-refractivity contribution is -0.0838. The average Bonchev–Trinajstić information content (AvgIpc) is 2.52. The van der Waals surface area contributed by atoms with E-state index >= 15 is 0 Å². The van der Waals surface area contributed by atoms with E-state index < -0.39 is 0 Å². The van der Waals surface area contributed by atoms with Crippen molar-refractivity contribution in [2.24, 2.45) is 0 Å². The Morgan fingerprint density at radius 2 is 2.00 bits per heavy atom. The molecule has 0 unspecified atom stereocenters. The summed E-state index contributed by atoms with van der Waals surface area (Å²) in [4.78, 5) is 14.6. The number of nitrogens with zero attached hydrogens (tertiary/aromatic N) is 1. The third-order valence-electron chi connectivity index (χ3n) is 5.23. The molecule has 3 rings (SSSR count). The Morgan fingerprint density at radius 3 is 2.68 bits per heavy atom. The van der Waals surface area contributed by atoms with Crippen molar-refractivity contribution in [2.75, 3.05) is 13.2 Å². The van der Waals surface area contributed by atoms with Gasteiger partial charge in [0.05, 0.1) is 5.60 Å². The molecule has 1 aliphatic rings. The summed E-state index contributed by atoms with van der Waals surface area (Å²) in [5.41, 5.74) is 3.64. The first-order valence-electron chi connectivity index (χ1n) is 9.21. The van der Waals surface area contributed by atoms with Gasteiger partial charge < -0.3 is 9.15 Å². The van der Waals surface area contributed by atoms with Crippen LogP contribution in [0.4, 0.5) is 0 Å². The molecule has 4 heteroatoms. The maximum Gasteiger partial charge on any atom is 0.336 e. The van der Waals surface area contributed by atoms with Crippen LogP contribution < -0.4 is 5.63 Å². The monoisotopic (exact) mass is 343 g/mol. The van der Waals surface area contributed by atoms with E-state index in [1.807, 2.05) is 6.92 Å². The van der Waals surface area contributed by atoms with Crippen molar-refractivity contribution in [3.8, 4) is 0 Å². The molecule has 1 aromatic carbocycles. The summed E-state index contributed by atoms with van der Waals surface area (Å²) in [6, 6.07) is 6.33. The third kappa shape index (κ3) is 3.96. The molecule has 1 aliphatic heterocycles. The molecule has 1 aromatic heterocycles. The van der Waals surface area contributed by atoms with Gasteiger partial charge in [0.15, 0.2) is 0 Å². The molecule has 4 nitrogen and oxygen atoms in total. The molecule has 0 bridgehead atoms. The lowest BCUT2D eigenvalue weighted by Gasteiger charge is -2.41. The zero-order valence-corrected chi connectivity index (χ0v) is 16.0. The molecule has 1 fully saturated rings. The first-order chi connectivity index (χ1) is 11.8. The van der Waals surface area contributed by atoms with Gasteiger partial charge in [0.25, 0.3) is 0 Å². The van der Waals surface area contributed by atoms with Crippen LogP contribution in [0.1, 0.15) is 50.3 Å². The number of aryl methyl sites for hydroxylation is 2. The second kappa shape index (κ2) is 6.93.